The van der Waals surface area contributed by atoms with Gasteiger partial charge >= 0.3 is 0 Å². The van der Waals surface area contributed by atoms with Gasteiger partial charge in [0, 0.05) is 18.4 Å². The number of carbonyl (C=O) groups excluding carboxylic acids is 1. The monoisotopic (exact) mass is 313 g/mol. The Morgan fingerprint density at radius 1 is 1.44 bits per heavy atom. The number of piperidine rings is 1. The van der Waals surface area contributed by atoms with Crippen molar-refractivity contribution < 1.29 is 9.18 Å². The number of amides is 1. The number of rotatable bonds is 3. The van der Waals surface area contributed by atoms with E-state index in [0.717, 1.165) is 31.3 Å². The van der Waals surface area contributed by atoms with Crippen molar-refractivity contribution in [2.24, 2.45) is 5.92 Å². The highest BCUT2D eigenvalue weighted by Gasteiger charge is 2.23. The molecule has 1 amide bonds. The van der Waals surface area contributed by atoms with Crippen LogP contribution in [0.5, 0.6) is 0 Å². The van der Waals surface area contributed by atoms with Crippen LogP contribution in [0.15, 0.2) is 24.3 Å². The fourth-order valence-electron chi connectivity index (χ4n) is 2.33. The summed E-state index contributed by atoms with van der Waals surface area (Å²) in [5, 5.41) is 0.927. The average Bonchev–Trinajstić information content (AvgIpc) is 2.41. The molecule has 1 aromatic carbocycles. The minimum atomic E-state index is -0.292. The normalized spacial score (nSPS) is 19.9. The van der Waals surface area contributed by atoms with Crippen molar-refractivity contribution in [3.63, 3.8) is 0 Å². The lowest BCUT2D eigenvalue weighted by Gasteiger charge is -2.32. The largest absolute Gasteiger partial charge is 0.342 e. The molecule has 1 aliphatic heterocycles. The van der Waals surface area contributed by atoms with Crippen LogP contribution in [0, 0.1) is 11.7 Å². The van der Waals surface area contributed by atoms with Gasteiger partial charge in [-0.25, -0.2) is 4.39 Å². The van der Waals surface area contributed by atoms with Crippen LogP contribution in [-0.2, 0) is 11.2 Å². The van der Waals surface area contributed by atoms with Crippen LogP contribution in [0.25, 0.3) is 0 Å². The summed E-state index contributed by atoms with van der Waals surface area (Å²) in [7, 11) is 0. The van der Waals surface area contributed by atoms with Crippen LogP contribution in [-0.4, -0.2) is 29.2 Å². The van der Waals surface area contributed by atoms with Crippen LogP contribution in [0.2, 0.25) is 0 Å². The molecule has 1 fully saturated rings. The molecule has 98 valence electrons. The summed E-state index contributed by atoms with van der Waals surface area (Å²) >= 11 is 3.47. The summed E-state index contributed by atoms with van der Waals surface area (Å²) < 4.78 is 13.5. The molecule has 4 heteroatoms. The highest BCUT2D eigenvalue weighted by molar-refractivity contribution is 9.09. The Labute approximate surface area is 115 Å². The molecule has 1 heterocycles. The van der Waals surface area contributed by atoms with Gasteiger partial charge in [-0.2, -0.15) is 0 Å². The summed E-state index contributed by atoms with van der Waals surface area (Å²) in [6.07, 6.45) is 2.37. The topological polar surface area (TPSA) is 20.3 Å². The summed E-state index contributed by atoms with van der Waals surface area (Å²) in [4.78, 5) is 14.0. The van der Waals surface area contributed by atoms with Gasteiger partial charge < -0.3 is 4.90 Å². The van der Waals surface area contributed by atoms with E-state index in [1.54, 1.807) is 18.2 Å². The molecular formula is C14H17BrFNO. The van der Waals surface area contributed by atoms with Crippen molar-refractivity contribution in [3.05, 3.63) is 35.6 Å². The summed E-state index contributed by atoms with van der Waals surface area (Å²) in [6.45, 7) is 1.59. The zero-order valence-electron chi connectivity index (χ0n) is 10.2. The highest BCUT2D eigenvalue weighted by atomic mass is 79.9. The number of halogens is 2. The van der Waals surface area contributed by atoms with E-state index in [2.05, 4.69) is 15.9 Å². The van der Waals surface area contributed by atoms with E-state index in [-0.39, 0.29) is 18.1 Å². The lowest BCUT2D eigenvalue weighted by atomic mass is 9.99. The third-order valence-corrected chi connectivity index (χ3v) is 4.31. The number of alkyl halides is 1. The standard InChI is InChI=1S/C14H17BrFNO/c15-9-11-4-3-7-17(10-11)14(18)8-12-5-1-2-6-13(12)16/h1-2,5-6,11H,3-4,7-10H2. The number of carbonyl (C=O) groups is 1. The maximum atomic E-state index is 13.5. The molecule has 1 aromatic rings. The predicted molar refractivity (Wildman–Crippen MR) is 73.2 cm³/mol. The SMILES string of the molecule is O=C(Cc1ccccc1F)N1CCCC(CBr)C1. The van der Waals surface area contributed by atoms with Gasteiger partial charge in [-0.1, -0.05) is 34.1 Å². The lowest BCUT2D eigenvalue weighted by Crippen LogP contribution is -2.41. The first kappa shape index (κ1) is 13.5. The minimum Gasteiger partial charge on any atom is -0.342 e. The molecule has 2 nitrogen and oxygen atoms in total. The van der Waals surface area contributed by atoms with E-state index < -0.39 is 0 Å². The molecule has 0 aliphatic carbocycles. The molecule has 2 rings (SSSR count). The first-order valence-electron chi connectivity index (χ1n) is 6.28. The zero-order chi connectivity index (χ0) is 13.0. The maximum Gasteiger partial charge on any atom is 0.227 e. The van der Waals surface area contributed by atoms with Gasteiger partial charge in [0.1, 0.15) is 5.82 Å². The van der Waals surface area contributed by atoms with Gasteiger partial charge in [-0.05, 0) is 30.4 Å². The summed E-state index contributed by atoms with van der Waals surface area (Å²) in [6, 6.07) is 6.49. The van der Waals surface area contributed by atoms with Gasteiger partial charge in [0.25, 0.3) is 0 Å². The van der Waals surface area contributed by atoms with Crippen molar-refractivity contribution >= 4 is 21.8 Å². The molecule has 0 N–H and O–H groups in total. The minimum absolute atomic E-state index is 0.0331. The molecule has 1 unspecified atom stereocenters. The maximum absolute atomic E-state index is 13.5. The van der Waals surface area contributed by atoms with Crippen molar-refractivity contribution in [2.45, 2.75) is 19.3 Å². The Hall–Kier alpha value is -0.900. The fourth-order valence-corrected chi connectivity index (χ4v) is 2.86. The Balaban J connectivity index is 1.97. The van der Waals surface area contributed by atoms with Crippen LogP contribution in [0.1, 0.15) is 18.4 Å². The fraction of sp³-hybridized carbons (Fsp3) is 0.500. The van der Waals surface area contributed by atoms with Crippen molar-refractivity contribution in [2.75, 3.05) is 18.4 Å². The van der Waals surface area contributed by atoms with E-state index in [9.17, 15) is 9.18 Å². The second-order valence-corrected chi connectivity index (χ2v) is 5.42. The molecule has 0 spiro atoms. The number of hydrogen-bond donors (Lipinski definition) is 0. The van der Waals surface area contributed by atoms with E-state index in [1.807, 2.05) is 4.90 Å². The molecule has 0 saturated carbocycles. The second-order valence-electron chi connectivity index (χ2n) is 4.77. The molecule has 0 radical (unpaired) electrons. The molecule has 0 bridgehead atoms. The Morgan fingerprint density at radius 2 is 2.22 bits per heavy atom. The van der Waals surface area contributed by atoms with E-state index in [0.29, 0.717) is 11.5 Å². The van der Waals surface area contributed by atoms with Crippen LogP contribution >= 0.6 is 15.9 Å². The number of nitrogens with zero attached hydrogens (tertiary/aromatic N) is 1. The predicted octanol–water partition coefficient (Wildman–Crippen LogP) is 3.00. The average molecular weight is 314 g/mol. The van der Waals surface area contributed by atoms with E-state index in [1.165, 1.54) is 6.07 Å². The molecule has 1 aliphatic rings. The Kier molecular flexibility index (Phi) is 4.75. The van der Waals surface area contributed by atoms with Crippen molar-refractivity contribution in [1.82, 2.24) is 4.90 Å². The molecule has 18 heavy (non-hydrogen) atoms. The van der Waals surface area contributed by atoms with Crippen LogP contribution in [0.4, 0.5) is 4.39 Å². The smallest absolute Gasteiger partial charge is 0.227 e. The van der Waals surface area contributed by atoms with Crippen LogP contribution < -0.4 is 0 Å². The van der Waals surface area contributed by atoms with Gasteiger partial charge in [0.2, 0.25) is 5.91 Å². The molecule has 1 atom stereocenters. The number of likely N-dealkylation sites (tertiary alicyclic amines) is 1. The van der Waals surface area contributed by atoms with Crippen molar-refractivity contribution in [3.8, 4) is 0 Å². The summed E-state index contributed by atoms with van der Waals surface area (Å²) in [5.41, 5.74) is 0.489. The third-order valence-electron chi connectivity index (χ3n) is 3.39. The highest BCUT2D eigenvalue weighted by Crippen LogP contribution is 2.19. The van der Waals surface area contributed by atoms with Crippen LogP contribution in [0.3, 0.4) is 0 Å². The summed E-state index contributed by atoms with van der Waals surface area (Å²) in [5.74, 6) is 0.272. The van der Waals surface area contributed by atoms with Crippen molar-refractivity contribution in [1.29, 1.82) is 0 Å². The first-order chi connectivity index (χ1) is 8.70. The molecule has 0 aromatic heterocycles. The van der Waals surface area contributed by atoms with E-state index in [4.69, 9.17) is 0 Å². The van der Waals surface area contributed by atoms with E-state index >= 15 is 0 Å². The van der Waals surface area contributed by atoms with Gasteiger partial charge in [-0.3, -0.25) is 4.79 Å². The van der Waals surface area contributed by atoms with Gasteiger partial charge in [0.05, 0.1) is 6.42 Å². The zero-order valence-corrected chi connectivity index (χ0v) is 11.8. The number of hydrogen-bond acceptors (Lipinski definition) is 1. The van der Waals surface area contributed by atoms with Gasteiger partial charge in [-0.15, -0.1) is 0 Å². The second kappa shape index (κ2) is 6.32. The number of benzene rings is 1. The Morgan fingerprint density at radius 3 is 2.94 bits per heavy atom. The quantitative estimate of drug-likeness (QED) is 0.786. The molecule has 1 saturated heterocycles. The first-order valence-corrected chi connectivity index (χ1v) is 7.40. The third kappa shape index (κ3) is 3.31. The van der Waals surface area contributed by atoms with Gasteiger partial charge in [0.15, 0.2) is 0 Å². The Bertz CT molecular complexity index is 424. The lowest BCUT2D eigenvalue weighted by molar-refractivity contribution is -0.132. The molecular weight excluding hydrogens is 297 g/mol.